The highest BCUT2D eigenvalue weighted by atomic mass is 35.7. The number of halogens is 1. The zero-order valence-corrected chi connectivity index (χ0v) is 8.62. The van der Waals surface area contributed by atoms with Crippen molar-refractivity contribution in [2.45, 2.75) is 12.1 Å². The molecule has 0 aliphatic rings. The third kappa shape index (κ3) is 1.44. The Morgan fingerprint density at radius 3 is 2.79 bits per heavy atom. The first kappa shape index (κ1) is 9.35. The lowest BCUT2D eigenvalue weighted by atomic mass is 10.6. The fourth-order valence-electron chi connectivity index (χ4n) is 1.02. The first-order chi connectivity index (χ1) is 6.48. The molecule has 8 heteroatoms. The maximum atomic E-state index is 10.9. The molecule has 0 fully saturated rings. The van der Waals surface area contributed by atoms with E-state index < -0.39 is 14.2 Å². The monoisotopic (exact) mass is 232 g/mol. The van der Waals surface area contributed by atoms with Crippen LogP contribution in [0.1, 0.15) is 5.82 Å². The number of rotatable bonds is 1. The van der Waals surface area contributed by atoms with Gasteiger partial charge in [-0.3, -0.25) is 0 Å². The van der Waals surface area contributed by atoms with Crippen LogP contribution in [0, 0.1) is 6.92 Å². The van der Waals surface area contributed by atoms with Crippen molar-refractivity contribution in [2.24, 2.45) is 0 Å². The van der Waals surface area contributed by atoms with Crippen molar-refractivity contribution in [1.82, 2.24) is 19.6 Å². The van der Waals surface area contributed by atoms with Crippen LogP contribution in [0.2, 0.25) is 0 Å². The summed E-state index contributed by atoms with van der Waals surface area (Å²) < 4.78 is 23.2. The summed E-state index contributed by atoms with van der Waals surface area (Å²) in [6.45, 7) is 1.69. The summed E-state index contributed by atoms with van der Waals surface area (Å²) in [5.41, 5.74) is 0.400. The average molecular weight is 233 g/mol. The van der Waals surface area contributed by atoms with Gasteiger partial charge in [0, 0.05) is 22.9 Å². The third-order valence-corrected chi connectivity index (χ3v) is 2.65. The Morgan fingerprint density at radius 2 is 2.21 bits per heavy atom. The SMILES string of the molecule is Cc1nccc2nc(S(=O)(=O)Cl)nn12. The molecule has 6 nitrogen and oxygen atoms in total. The van der Waals surface area contributed by atoms with Gasteiger partial charge in [-0.2, -0.15) is 9.50 Å². The molecule has 0 atom stereocenters. The second kappa shape index (κ2) is 2.89. The second-order valence-corrected chi connectivity index (χ2v) is 5.05. The number of aromatic nitrogens is 4. The lowest BCUT2D eigenvalue weighted by Gasteiger charge is -1.92. The summed E-state index contributed by atoms with van der Waals surface area (Å²) in [5, 5.41) is 3.30. The number of aryl methyl sites for hydroxylation is 1. The summed E-state index contributed by atoms with van der Waals surface area (Å²) >= 11 is 0. The molecular weight excluding hydrogens is 228 g/mol. The van der Waals surface area contributed by atoms with Crippen LogP contribution in [0.15, 0.2) is 17.4 Å². The average Bonchev–Trinajstić information content (AvgIpc) is 2.48. The van der Waals surface area contributed by atoms with E-state index in [2.05, 4.69) is 15.1 Å². The lowest BCUT2D eigenvalue weighted by Crippen LogP contribution is -1.97. The minimum absolute atomic E-state index is 0.400. The van der Waals surface area contributed by atoms with E-state index in [0.29, 0.717) is 11.5 Å². The summed E-state index contributed by atoms with van der Waals surface area (Å²) in [4.78, 5) is 7.66. The Kier molecular flexibility index (Phi) is 1.93. The van der Waals surface area contributed by atoms with E-state index in [-0.39, 0.29) is 0 Å². The minimum Gasteiger partial charge on any atom is -0.241 e. The summed E-state index contributed by atoms with van der Waals surface area (Å²) in [6, 6.07) is 1.55. The fraction of sp³-hybridized carbons (Fsp3) is 0.167. The molecule has 0 aliphatic carbocycles. The van der Waals surface area contributed by atoms with Crippen molar-refractivity contribution in [1.29, 1.82) is 0 Å². The smallest absolute Gasteiger partial charge is 0.241 e. The van der Waals surface area contributed by atoms with Crippen LogP contribution in [0.25, 0.3) is 5.65 Å². The van der Waals surface area contributed by atoms with Crippen molar-refractivity contribution < 1.29 is 8.42 Å². The first-order valence-electron chi connectivity index (χ1n) is 3.61. The van der Waals surface area contributed by atoms with Gasteiger partial charge in [0.2, 0.25) is 0 Å². The molecular formula is C6H5ClN4O2S. The van der Waals surface area contributed by atoms with Gasteiger partial charge in [-0.1, -0.05) is 0 Å². The Labute approximate surface area is 84.0 Å². The topological polar surface area (TPSA) is 77.2 Å². The van der Waals surface area contributed by atoms with Crippen LogP contribution >= 0.6 is 10.7 Å². The zero-order chi connectivity index (χ0) is 10.3. The molecule has 0 radical (unpaired) electrons. The number of nitrogens with zero attached hydrogens (tertiary/aromatic N) is 4. The van der Waals surface area contributed by atoms with Gasteiger partial charge in [0.05, 0.1) is 0 Å². The van der Waals surface area contributed by atoms with Crippen molar-refractivity contribution >= 4 is 25.4 Å². The zero-order valence-electron chi connectivity index (χ0n) is 7.05. The lowest BCUT2D eigenvalue weighted by molar-refractivity contribution is 0.600. The number of hydrogen-bond donors (Lipinski definition) is 0. The van der Waals surface area contributed by atoms with E-state index in [0.717, 1.165) is 0 Å². The molecule has 0 bridgehead atoms. The predicted molar refractivity (Wildman–Crippen MR) is 48.6 cm³/mol. The van der Waals surface area contributed by atoms with Gasteiger partial charge in [-0.25, -0.2) is 13.4 Å². The Balaban J connectivity index is 2.81. The van der Waals surface area contributed by atoms with Crippen LogP contribution < -0.4 is 0 Å². The summed E-state index contributed by atoms with van der Waals surface area (Å²) in [5.74, 6) is 0.543. The first-order valence-corrected chi connectivity index (χ1v) is 5.92. The summed E-state index contributed by atoms with van der Waals surface area (Å²) in [6.07, 6.45) is 1.52. The molecule has 74 valence electrons. The minimum atomic E-state index is -3.88. The largest absolute Gasteiger partial charge is 0.298 e. The quantitative estimate of drug-likeness (QED) is 0.664. The highest BCUT2D eigenvalue weighted by Crippen LogP contribution is 2.11. The van der Waals surface area contributed by atoms with E-state index in [9.17, 15) is 8.42 Å². The van der Waals surface area contributed by atoms with Gasteiger partial charge in [0.25, 0.3) is 14.2 Å². The van der Waals surface area contributed by atoms with Crippen molar-refractivity contribution in [2.75, 3.05) is 0 Å². The maximum Gasteiger partial charge on any atom is 0.298 e. The molecule has 0 spiro atoms. The number of fused-ring (bicyclic) bond motifs is 1. The van der Waals surface area contributed by atoms with Crippen LogP contribution in [0.5, 0.6) is 0 Å². The van der Waals surface area contributed by atoms with Gasteiger partial charge in [-0.05, 0) is 6.92 Å². The molecule has 0 aromatic carbocycles. The number of hydrogen-bond acceptors (Lipinski definition) is 5. The normalized spacial score (nSPS) is 12.1. The van der Waals surface area contributed by atoms with E-state index in [4.69, 9.17) is 10.7 Å². The van der Waals surface area contributed by atoms with Gasteiger partial charge in [-0.15, -0.1) is 5.10 Å². The molecule has 0 saturated heterocycles. The molecule has 0 saturated carbocycles. The molecule has 0 N–H and O–H groups in total. The third-order valence-electron chi connectivity index (χ3n) is 1.62. The van der Waals surface area contributed by atoms with Gasteiger partial charge in [0.15, 0.2) is 5.65 Å². The van der Waals surface area contributed by atoms with E-state index >= 15 is 0 Å². The molecule has 14 heavy (non-hydrogen) atoms. The molecule has 0 unspecified atom stereocenters. The van der Waals surface area contributed by atoms with Crippen molar-refractivity contribution in [3.8, 4) is 0 Å². The van der Waals surface area contributed by atoms with Crippen LogP contribution in [-0.4, -0.2) is 28.0 Å². The van der Waals surface area contributed by atoms with Crippen LogP contribution in [-0.2, 0) is 9.05 Å². The van der Waals surface area contributed by atoms with Crippen LogP contribution in [0.4, 0.5) is 0 Å². The summed E-state index contributed by atoms with van der Waals surface area (Å²) in [7, 11) is 1.22. The molecule has 2 heterocycles. The fourth-order valence-corrected chi connectivity index (χ4v) is 1.60. The highest BCUT2D eigenvalue weighted by Gasteiger charge is 2.17. The van der Waals surface area contributed by atoms with Crippen molar-refractivity contribution in [3.63, 3.8) is 0 Å². The Hall–Kier alpha value is -1.21. The Morgan fingerprint density at radius 1 is 1.50 bits per heavy atom. The molecule has 2 aromatic rings. The molecule has 2 rings (SSSR count). The Bertz CT molecular complexity index is 591. The van der Waals surface area contributed by atoms with E-state index in [1.54, 1.807) is 13.0 Å². The predicted octanol–water partition coefficient (Wildman–Crippen LogP) is 0.360. The van der Waals surface area contributed by atoms with E-state index in [1.165, 1.54) is 10.7 Å². The van der Waals surface area contributed by atoms with Gasteiger partial charge < -0.3 is 0 Å². The molecule has 0 amide bonds. The highest BCUT2D eigenvalue weighted by molar-refractivity contribution is 8.13. The van der Waals surface area contributed by atoms with Crippen LogP contribution in [0.3, 0.4) is 0 Å². The molecule has 2 aromatic heterocycles. The second-order valence-electron chi connectivity index (χ2n) is 2.59. The maximum absolute atomic E-state index is 10.9. The molecule has 0 aliphatic heterocycles. The van der Waals surface area contributed by atoms with Gasteiger partial charge >= 0.3 is 0 Å². The van der Waals surface area contributed by atoms with Gasteiger partial charge in [0.1, 0.15) is 5.82 Å². The standard InChI is InChI=1S/C6H5ClN4O2S/c1-4-8-3-2-5-9-6(10-11(4)5)14(7,12)13/h2-3H,1H3. The van der Waals surface area contributed by atoms with Crippen molar-refractivity contribution in [3.05, 3.63) is 18.1 Å². The van der Waals surface area contributed by atoms with E-state index in [1.807, 2.05) is 0 Å².